The first-order valence-electron chi connectivity index (χ1n) is 12.4. The molecule has 4 atom stereocenters. The van der Waals surface area contributed by atoms with Gasteiger partial charge in [0.15, 0.2) is 5.13 Å². The van der Waals surface area contributed by atoms with Crippen molar-refractivity contribution in [2.45, 2.75) is 64.3 Å². The van der Waals surface area contributed by atoms with Gasteiger partial charge < -0.3 is 15.3 Å². The van der Waals surface area contributed by atoms with Crippen LogP contribution in [-0.4, -0.2) is 41.0 Å². The summed E-state index contributed by atoms with van der Waals surface area (Å²) in [5.41, 5.74) is 2.96. The Bertz CT molecular complexity index is 1100. The third kappa shape index (κ3) is 4.12. The Balaban J connectivity index is 1.38. The number of carbonyl (C=O) groups excluding carboxylic acids is 1. The monoisotopic (exact) mass is 484 g/mol. The number of anilines is 1. The number of benzene rings is 1. The van der Waals surface area contributed by atoms with Crippen LogP contribution < -0.4 is 5.32 Å². The molecule has 0 radical (unpaired) electrons. The van der Waals surface area contributed by atoms with E-state index in [-0.39, 0.29) is 40.2 Å². The number of likely N-dealkylation sites (tertiary alicyclic amines) is 1. The maximum atomic E-state index is 13.8. The molecule has 182 valence electrons. The Hall–Kier alpha value is -2.41. The highest BCUT2D eigenvalue weighted by molar-refractivity contribution is 7.13. The number of halogens is 1. The highest BCUT2D eigenvalue weighted by Gasteiger charge is 2.45. The van der Waals surface area contributed by atoms with Crippen molar-refractivity contribution in [1.82, 2.24) is 4.90 Å². The third-order valence-electron chi connectivity index (χ3n) is 8.34. The summed E-state index contributed by atoms with van der Waals surface area (Å²) in [4.78, 5) is 28.4. The van der Waals surface area contributed by atoms with Gasteiger partial charge in [0.05, 0.1) is 5.92 Å². The van der Waals surface area contributed by atoms with Crippen molar-refractivity contribution in [3.63, 3.8) is 0 Å². The summed E-state index contributed by atoms with van der Waals surface area (Å²) in [6, 6.07) is 9.49. The molecule has 3 heterocycles. The van der Waals surface area contributed by atoms with E-state index in [0.717, 1.165) is 72.7 Å². The van der Waals surface area contributed by atoms with Gasteiger partial charge in [-0.25, -0.2) is 0 Å². The smallest absolute Gasteiger partial charge is 0.306 e. The molecule has 4 unspecified atom stereocenters. The molecule has 5 nitrogen and oxygen atoms in total. The Kier molecular flexibility index (Phi) is 6.17. The van der Waals surface area contributed by atoms with E-state index in [1.807, 2.05) is 23.1 Å². The first kappa shape index (κ1) is 23.3. The van der Waals surface area contributed by atoms with Crippen molar-refractivity contribution >= 4 is 28.9 Å². The fourth-order valence-electron chi connectivity index (χ4n) is 6.67. The molecule has 1 saturated carbocycles. The van der Waals surface area contributed by atoms with Gasteiger partial charge in [-0.15, -0.1) is 11.3 Å². The van der Waals surface area contributed by atoms with Crippen molar-refractivity contribution in [1.29, 1.82) is 0 Å². The van der Waals surface area contributed by atoms with Crippen LogP contribution in [0, 0.1) is 22.4 Å². The number of carboxylic acids is 1. The molecule has 7 heteroatoms. The molecule has 0 bridgehead atoms. The van der Waals surface area contributed by atoms with Crippen LogP contribution in [0.1, 0.15) is 63.9 Å². The Morgan fingerprint density at radius 3 is 2.74 bits per heavy atom. The molecule has 1 aliphatic carbocycles. The summed E-state index contributed by atoms with van der Waals surface area (Å²) >= 11 is 1.15. The number of piperidine rings is 1. The molecule has 34 heavy (non-hydrogen) atoms. The van der Waals surface area contributed by atoms with Crippen LogP contribution in [0.5, 0.6) is 0 Å². The molecule has 2 aliphatic heterocycles. The Morgan fingerprint density at radius 2 is 2.00 bits per heavy atom. The highest BCUT2D eigenvalue weighted by Crippen LogP contribution is 2.50. The number of carboxylic acid groups (broad SMARTS) is 1. The van der Waals surface area contributed by atoms with Crippen LogP contribution >= 0.6 is 11.3 Å². The maximum absolute atomic E-state index is 13.8. The lowest BCUT2D eigenvalue weighted by molar-refractivity contribution is -0.152. The van der Waals surface area contributed by atoms with Gasteiger partial charge in [-0.3, -0.25) is 9.59 Å². The number of amides is 1. The van der Waals surface area contributed by atoms with E-state index in [9.17, 15) is 19.1 Å². The number of hydrogen-bond acceptors (Lipinski definition) is 4. The van der Waals surface area contributed by atoms with Crippen LogP contribution in [0.3, 0.4) is 0 Å². The summed E-state index contributed by atoms with van der Waals surface area (Å²) in [5, 5.41) is 13.0. The van der Waals surface area contributed by atoms with E-state index in [4.69, 9.17) is 0 Å². The zero-order valence-electron chi connectivity index (χ0n) is 19.9. The van der Waals surface area contributed by atoms with Gasteiger partial charge in [0, 0.05) is 42.0 Å². The van der Waals surface area contributed by atoms with E-state index >= 15 is 0 Å². The molecule has 5 rings (SSSR count). The zero-order valence-corrected chi connectivity index (χ0v) is 20.7. The summed E-state index contributed by atoms with van der Waals surface area (Å²) in [7, 11) is 0. The van der Waals surface area contributed by atoms with Gasteiger partial charge in [0.25, 0.3) is 0 Å². The quantitative estimate of drug-likeness (QED) is 0.548. The van der Waals surface area contributed by atoms with Crippen molar-refractivity contribution in [2.24, 2.45) is 17.3 Å². The molecule has 2 N–H and O–H groups in total. The number of nitrogens with one attached hydrogen (secondary N) is 1. The predicted molar refractivity (Wildman–Crippen MR) is 133 cm³/mol. The van der Waals surface area contributed by atoms with Gasteiger partial charge in [-0.2, -0.15) is 4.39 Å². The summed E-state index contributed by atoms with van der Waals surface area (Å²) in [5.74, 6) is -0.718. The number of nitrogens with zero attached hydrogens (tertiary/aromatic N) is 1. The minimum atomic E-state index is -0.712. The van der Waals surface area contributed by atoms with Crippen molar-refractivity contribution < 1.29 is 19.1 Å². The van der Waals surface area contributed by atoms with E-state index < -0.39 is 5.97 Å². The summed E-state index contributed by atoms with van der Waals surface area (Å²) < 4.78 is 13.8. The van der Waals surface area contributed by atoms with Gasteiger partial charge in [0.1, 0.15) is 0 Å². The zero-order chi connectivity index (χ0) is 24.0. The average molecular weight is 485 g/mol. The first-order chi connectivity index (χ1) is 16.3. The van der Waals surface area contributed by atoms with Crippen LogP contribution in [0.2, 0.25) is 0 Å². The number of hydrogen-bond donors (Lipinski definition) is 2. The molecular weight excluding hydrogens is 451 g/mol. The molecule has 2 fully saturated rings. The van der Waals surface area contributed by atoms with Crippen molar-refractivity contribution in [3.05, 3.63) is 41.0 Å². The summed E-state index contributed by atoms with van der Waals surface area (Å²) in [6.45, 7) is 5.77. The standard InChI is InChI=1S/C27H33FN2O3S/c1-27(2,14-24(31)30-13-5-8-16-17(26(32)33)6-4-10-21(16)30)19-15-29-20-9-3-7-18(25(19)20)22-11-12-23(28)34-22/h3,7,9,11-12,16-17,19,21,29H,4-6,8,10,13-15H2,1-2H3,(H,32,33). The van der Waals surface area contributed by atoms with Crippen molar-refractivity contribution in [3.8, 4) is 10.4 Å². The minimum Gasteiger partial charge on any atom is -0.481 e. The van der Waals surface area contributed by atoms with E-state index in [1.54, 1.807) is 0 Å². The number of aliphatic carboxylic acids is 1. The molecule has 2 aromatic rings. The second-order valence-corrected chi connectivity index (χ2v) is 11.8. The van der Waals surface area contributed by atoms with Gasteiger partial charge in [-0.05, 0) is 66.3 Å². The van der Waals surface area contributed by atoms with Gasteiger partial charge in [0.2, 0.25) is 5.91 Å². The third-order valence-corrected chi connectivity index (χ3v) is 9.25. The fraction of sp³-hybridized carbons (Fsp3) is 0.556. The second-order valence-electron chi connectivity index (χ2n) is 10.8. The maximum Gasteiger partial charge on any atom is 0.306 e. The number of fused-ring (bicyclic) bond motifs is 2. The molecule has 3 aliphatic rings. The molecule has 1 aromatic carbocycles. The lowest BCUT2D eigenvalue weighted by Gasteiger charge is -2.47. The number of carbonyl (C=O) groups is 2. The van der Waals surface area contributed by atoms with Crippen molar-refractivity contribution in [2.75, 3.05) is 18.4 Å². The largest absolute Gasteiger partial charge is 0.481 e. The second kappa shape index (κ2) is 8.99. The first-order valence-corrected chi connectivity index (χ1v) is 13.2. The SMILES string of the molecule is CC(C)(CC(=O)N1CCCC2C(C(=O)O)CCCC21)C1CNc2cccc(-c3ccc(F)s3)c21. The lowest BCUT2D eigenvalue weighted by atomic mass is 9.69. The van der Waals surface area contributed by atoms with Crippen LogP contribution in [0.25, 0.3) is 10.4 Å². The van der Waals surface area contributed by atoms with E-state index in [0.29, 0.717) is 6.42 Å². The molecule has 0 spiro atoms. The minimum absolute atomic E-state index is 0.0468. The molecule has 1 amide bonds. The van der Waals surface area contributed by atoms with E-state index in [2.05, 4.69) is 25.2 Å². The van der Waals surface area contributed by atoms with Crippen LogP contribution in [0.15, 0.2) is 30.3 Å². The summed E-state index contributed by atoms with van der Waals surface area (Å²) in [6.07, 6.45) is 4.68. The fourth-order valence-corrected chi connectivity index (χ4v) is 7.44. The predicted octanol–water partition coefficient (Wildman–Crippen LogP) is 5.97. The molecule has 1 aromatic heterocycles. The number of thiophene rings is 1. The van der Waals surface area contributed by atoms with E-state index in [1.165, 1.54) is 11.6 Å². The van der Waals surface area contributed by atoms with Crippen LogP contribution in [-0.2, 0) is 9.59 Å². The average Bonchev–Trinajstić information content (AvgIpc) is 3.44. The topological polar surface area (TPSA) is 69.6 Å². The molecule has 1 saturated heterocycles. The number of rotatable bonds is 5. The van der Waals surface area contributed by atoms with Crippen LogP contribution in [0.4, 0.5) is 10.1 Å². The van der Waals surface area contributed by atoms with Gasteiger partial charge in [-0.1, -0.05) is 32.4 Å². The van der Waals surface area contributed by atoms with Gasteiger partial charge >= 0.3 is 5.97 Å². The molecular formula is C27H33FN2O3S. The lowest BCUT2D eigenvalue weighted by Crippen LogP contribution is -2.54. The normalized spacial score (nSPS) is 26.5. The Labute approximate surface area is 204 Å². The Morgan fingerprint density at radius 1 is 1.18 bits per heavy atom. The highest BCUT2D eigenvalue weighted by atomic mass is 32.1.